The van der Waals surface area contributed by atoms with Gasteiger partial charge in [-0.05, 0) is 48.7 Å². The molecule has 1 aliphatic heterocycles. The number of nitrogens with one attached hydrogen (secondary N) is 1. The Morgan fingerprint density at radius 3 is 2.30 bits per heavy atom. The van der Waals surface area contributed by atoms with Gasteiger partial charge in [0.1, 0.15) is 5.82 Å². The van der Waals surface area contributed by atoms with Crippen LogP contribution in [-0.2, 0) is 13.0 Å². The quantitative estimate of drug-likeness (QED) is 0.339. The van der Waals surface area contributed by atoms with Gasteiger partial charge in [0.2, 0.25) is 0 Å². The van der Waals surface area contributed by atoms with E-state index in [0.717, 1.165) is 40.4 Å². The van der Waals surface area contributed by atoms with Crippen molar-refractivity contribution >= 4 is 6.03 Å². The third-order valence-electron chi connectivity index (χ3n) is 7.00. The molecular formula is C31H29N5O. The van der Waals surface area contributed by atoms with Crippen molar-refractivity contribution in [2.24, 2.45) is 0 Å². The molecule has 3 aromatic carbocycles. The SMILES string of the molecule is Cc1nn(-c2ccccc2)c2c1CN(C(=O)NCCc1ccccc1)C(c1ccccc1)c1cccn1-2. The fraction of sp³-hybridized carbons (Fsp3) is 0.161. The molecule has 0 radical (unpaired) electrons. The predicted molar refractivity (Wildman–Crippen MR) is 145 cm³/mol. The van der Waals surface area contributed by atoms with Crippen molar-refractivity contribution in [3.8, 4) is 11.5 Å². The smallest absolute Gasteiger partial charge is 0.318 e. The van der Waals surface area contributed by atoms with E-state index in [1.54, 1.807) is 0 Å². The molecule has 6 rings (SSSR count). The second-order valence-electron chi connectivity index (χ2n) is 9.35. The molecule has 2 aromatic heterocycles. The van der Waals surface area contributed by atoms with Crippen molar-refractivity contribution < 1.29 is 4.79 Å². The van der Waals surface area contributed by atoms with Crippen molar-refractivity contribution in [3.63, 3.8) is 0 Å². The van der Waals surface area contributed by atoms with Crippen molar-refractivity contribution in [2.45, 2.75) is 25.9 Å². The van der Waals surface area contributed by atoms with Crippen molar-refractivity contribution in [3.05, 3.63) is 137 Å². The van der Waals surface area contributed by atoms with Gasteiger partial charge < -0.3 is 14.8 Å². The second-order valence-corrected chi connectivity index (χ2v) is 9.35. The number of aromatic nitrogens is 3. The summed E-state index contributed by atoms with van der Waals surface area (Å²) in [5, 5.41) is 8.10. The van der Waals surface area contributed by atoms with Crippen molar-refractivity contribution in [2.75, 3.05) is 6.54 Å². The first-order valence-electron chi connectivity index (χ1n) is 12.7. The zero-order valence-electron chi connectivity index (χ0n) is 20.8. The minimum atomic E-state index is -0.246. The molecule has 1 atom stereocenters. The molecule has 3 heterocycles. The third kappa shape index (κ3) is 4.31. The first-order valence-corrected chi connectivity index (χ1v) is 12.7. The summed E-state index contributed by atoms with van der Waals surface area (Å²) in [7, 11) is 0. The largest absolute Gasteiger partial charge is 0.338 e. The number of nitrogens with zero attached hydrogens (tertiary/aromatic N) is 4. The molecule has 0 spiro atoms. The Balaban J connectivity index is 1.42. The first kappa shape index (κ1) is 22.9. The summed E-state index contributed by atoms with van der Waals surface area (Å²) in [6.45, 7) is 3.04. The number of urea groups is 1. The van der Waals surface area contributed by atoms with Gasteiger partial charge in [0.25, 0.3) is 0 Å². The Morgan fingerprint density at radius 2 is 1.57 bits per heavy atom. The fourth-order valence-electron chi connectivity index (χ4n) is 5.20. The second kappa shape index (κ2) is 9.82. The molecule has 2 amide bonds. The Kier molecular flexibility index (Phi) is 6.06. The molecule has 1 unspecified atom stereocenters. The Morgan fingerprint density at radius 1 is 0.892 bits per heavy atom. The van der Waals surface area contributed by atoms with Crippen molar-refractivity contribution in [1.82, 2.24) is 24.6 Å². The number of fused-ring (bicyclic) bond motifs is 3. The molecule has 0 fully saturated rings. The van der Waals surface area contributed by atoms with Crippen LogP contribution in [0.5, 0.6) is 0 Å². The van der Waals surface area contributed by atoms with E-state index in [-0.39, 0.29) is 12.1 Å². The molecule has 6 heteroatoms. The first-order chi connectivity index (χ1) is 18.2. The van der Waals surface area contributed by atoms with Gasteiger partial charge >= 0.3 is 6.03 Å². The number of rotatable bonds is 5. The van der Waals surface area contributed by atoms with Crippen LogP contribution in [0.25, 0.3) is 11.5 Å². The average molecular weight is 488 g/mol. The van der Waals surface area contributed by atoms with Gasteiger partial charge in [-0.1, -0.05) is 78.9 Å². The topological polar surface area (TPSA) is 55.1 Å². The van der Waals surface area contributed by atoms with Crippen LogP contribution < -0.4 is 5.32 Å². The number of carbonyl (C=O) groups excluding carboxylic acids is 1. The highest BCUT2D eigenvalue weighted by Crippen LogP contribution is 2.38. The lowest BCUT2D eigenvalue weighted by Crippen LogP contribution is -2.42. The van der Waals surface area contributed by atoms with Crippen LogP contribution in [0.4, 0.5) is 4.79 Å². The highest BCUT2D eigenvalue weighted by atomic mass is 16.2. The van der Waals surface area contributed by atoms with Crippen LogP contribution in [0.15, 0.2) is 109 Å². The van der Waals surface area contributed by atoms with Gasteiger partial charge in [0.05, 0.1) is 29.7 Å². The van der Waals surface area contributed by atoms with Gasteiger partial charge in [-0.15, -0.1) is 0 Å². The number of carbonyl (C=O) groups is 1. The number of benzene rings is 3. The summed E-state index contributed by atoms with van der Waals surface area (Å²) < 4.78 is 4.18. The van der Waals surface area contributed by atoms with Gasteiger partial charge in [0.15, 0.2) is 0 Å². The molecule has 1 N–H and O–H groups in total. The summed E-state index contributed by atoms with van der Waals surface area (Å²) >= 11 is 0. The van der Waals surface area contributed by atoms with Crippen LogP contribution in [0.1, 0.15) is 34.1 Å². The normalized spacial score (nSPS) is 14.5. The Hall–Kier alpha value is -4.58. The molecule has 0 aliphatic carbocycles. The maximum absolute atomic E-state index is 13.8. The number of amides is 2. The molecule has 0 saturated heterocycles. The highest BCUT2D eigenvalue weighted by Gasteiger charge is 2.35. The minimum absolute atomic E-state index is 0.0859. The van der Waals surface area contributed by atoms with E-state index >= 15 is 0 Å². The summed E-state index contributed by atoms with van der Waals surface area (Å²) in [6, 6.07) is 34.5. The van der Waals surface area contributed by atoms with Gasteiger partial charge in [-0.2, -0.15) is 5.10 Å². The summed E-state index contributed by atoms with van der Waals surface area (Å²) in [5.41, 5.74) is 6.24. The lowest BCUT2D eigenvalue weighted by atomic mass is 10.0. The summed E-state index contributed by atoms with van der Waals surface area (Å²) in [4.78, 5) is 15.8. The summed E-state index contributed by atoms with van der Waals surface area (Å²) in [5.74, 6) is 0.976. The van der Waals surface area contributed by atoms with Gasteiger partial charge in [-0.25, -0.2) is 9.48 Å². The molecule has 37 heavy (non-hydrogen) atoms. The molecular weight excluding hydrogens is 458 g/mol. The van der Waals surface area contributed by atoms with E-state index in [9.17, 15) is 4.79 Å². The maximum atomic E-state index is 13.8. The maximum Gasteiger partial charge on any atom is 0.318 e. The third-order valence-corrected chi connectivity index (χ3v) is 7.00. The van der Waals surface area contributed by atoms with Crippen LogP contribution in [0, 0.1) is 6.92 Å². The van der Waals surface area contributed by atoms with E-state index in [1.165, 1.54) is 5.56 Å². The van der Waals surface area contributed by atoms with Crippen molar-refractivity contribution in [1.29, 1.82) is 0 Å². The number of hydrogen-bond donors (Lipinski definition) is 1. The van der Waals surface area contributed by atoms with Crippen LogP contribution >= 0.6 is 0 Å². The monoisotopic (exact) mass is 487 g/mol. The zero-order valence-corrected chi connectivity index (χ0v) is 20.8. The number of aryl methyl sites for hydroxylation is 1. The molecule has 6 nitrogen and oxygen atoms in total. The lowest BCUT2D eigenvalue weighted by molar-refractivity contribution is 0.180. The van der Waals surface area contributed by atoms with E-state index in [4.69, 9.17) is 5.10 Å². The van der Waals surface area contributed by atoms with Crippen LogP contribution in [-0.4, -0.2) is 31.8 Å². The molecule has 5 aromatic rings. The average Bonchev–Trinajstić information content (AvgIpc) is 3.50. The van der Waals surface area contributed by atoms with Gasteiger partial charge in [-0.3, -0.25) is 0 Å². The Bertz CT molecular complexity index is 1510. The van der Waals surface area contributed by atoms with E-state index < -0.39 is 0 Å². The number of hydrogen-bond acceptors (Lipinski definition) is 2. The highest BCUT2D eigenvalue weighted by molar-refractivity contribution is 5.76. The van der Waals surface area contributed by atoms with Gasteiger partial charge in [0, 0.05) is 18.3 Å². The molecule has 1 aliphatic rings. The lowest BCUT2D eigenvalue weighted by Gasteiger charge is -2.31. The Labute approximate surface area is 216 Å². The molecule has 0 bridgehead atoms. The molecule has 0 saturated carbocycles. The number of para-hydroxylation sites is 1. The predicted octanol–water partition coefficient (Wildman–Crippen LogP) is 5.83. The van der Waals surface area contributed by atoms with E-state index in [1.807, 2.05) is 77.2 Å². The minimum Gasteiger partial charge on any atom is -0.338 e. The van der Waals surface area contributed by atoms with Crippen LogP contribution in [0.2, 0.25) is 0 Å². The van der Waals surface area contributed by atoms with Crippen LogP contribution in [0.3, 0.4) is 0 Å². The van der Waals surface area contributed by atoms with E-state index in [0.29, 0.717) is 13.1 Å². The van der Waals surface area contributed by atoms with E-state index in [2.05, 4.69) is 58.5 Å². The summed E-state index contributed by atoms with van der Waals surface area (Å²) in [6.07, 6.45) is 2.85. The fourth-order valence-corrected chi connectivity index (χ4v) is 5.20. The molecule has 184 valence electrons. The standard InChI is InChI=1S/C31H29N5O/c1-23-27-22-35(31(37)32-20-19-24-12-5-2-6-13-24)29(25-14-7-3-8-15-25)28-18-11-21-34(28)30(27)36(33-23)26-16-9-4-10-17-26/h2-18,21,29H,19-20,22H2,1H3,(H,32,37). The zero-order chi connectivity index (χ0) is 25.2.